The Kier molecular flexibility index (Phi) is 4.97. The minimum Gasteiger partial charge on any atom is -0.496 e. The van der Waals surface area contributed by atoms with Crippen LogP contribution in [-0.4, -0.2) is 23.4 Å². The Bertz CT molecular complexity index is 374. The molecule has 3 nitrogen and oxygen atoms in total. The summed E-state index contributed by atoms with van der Waals surface area (Å²) in [7, 11) is 1.58. The highest BCUT2D eigenvalue weighted by atomic mass is 16.5. The molecule has 2 N–H and O–H groups in total. The second-order valence-corrected chi connectivity index (χ2v) is 4.50. The molecule has 0 amide bonds. The van der Waals surface area contributed by atoms with Crippen molar-refractivity contribution in [2.45, 2.75) is 45.8 Å². The first-order valence-corrected chi connectivity index (χ1v) is 6.02. The van der Waals surface area contributed by atoms with Crippen LogP contribution in [-0.2, 0) is 0 Å². The lowest BCUT2D eigenvalue weighted by atomic mass is 9.95. The van der Waals surface area contributed by atoms with Crippen LogP contribution in [0, 0.1) is 13.8 Å². The molecular weight excluding hydrogens is 216 g/mol. The zero-order valence-electron chi connectivity index (χ0n) is 11.0. The fourth-order valence-electron chi connectivity index (χ4n) is 2.13. The maximum absolute atomic E-state index is 10.2. The van der Waals surface area contributed by atoms with Crippen LogP contribution in [0.25, 0.3) is 0 Å². The molecule has 2 atom stereocenters. The molecule has 0 saturated heterocycles. The summed E-state index contributed by atoms with van der Waals surface area (Å²) in [5, 5.41) is 20.1. The van der Waals surface area contributed by atoms with Crippen LogP contribution >= 0.6 is 0 Å². The molecule has 1 aromatic rings. The van der Waals surface area contributed by atoms with Gasteiger partial charge in [-0.05, 0) is 37.5 Å². The fraction of sp³-hybridized carbons (Fsp3) is 0.571. The molecule has 0 aliphatic rings. The Balaban J connectivity index is 3.11. The van der Waals surface area contributed by atoms with Gasteiger partial charge in [0.2, 0.25) is 0 Å². The summed E-state index contributed by atoms with van der Waals surface area (Å²) < 4.78 is 5.29. The van der Waals surface area contributed by atoms with Crippen molar-refractivity contribution in [2.75, 3.05) is 7.11 Å². The van der Waals surface area contributed by atoms with Gasteiger partial charge in [0, 0.05) is 5.56 Å². The molecular formula is C14H22O3. The first-order valence-electron chi connectivity index (χ1n) is 6.02. The third-order valence-electron chi connectivity index (χ3n) is 2.96. The standard InChI is InChI=1S/C14H22O3/c1-5-6-11(15)14(16)13-10(3)7-9(2)8-12(13)17-4/h7-8,11,14-16H,5-6H2,1-4H3. The van der Waals surface area contributed by atoms with Gasteiger partial charge in [-0.15, -0.1) is 0 Å². The van der Waals surface area contributed by atoms with Crippen molar-refractivity contribution in [3.63, 3.8) is 0 Å². The van der Waals surface area contributed by atoms with E-state index in [2.05, 4.69) is 0 Å². The Morgan fingerprint density at radius 3 is 2.41 bits per heavy atom. The monoisotopic (exact) mass is 238 g/mol. The predicted molar refractivity (Wildman–Crippen MR) is 68.3 cm³/mol. The third-order valence-corrected chi connectivity index (χ3v) is 2.96. The minimum atomic E-state index is -0.884. The van der Waals surface area contributed by atoms with Crippen molar-refractivity contribution in [1.29, 1.82) is 0 Å². The van der Waals surface area contributed by atoms with E-state index in [-0.39, 0.29) is 0 Å². The van der Waals surface area contributed by atoms with Crippen LogP contribution in [0.3, 0.4) is 0 Å². The van der Waals surface area contributed by atoms with Crippen molar-refractivity contribution in [1.82, 2.24) is 0 Å². The summed E-state index contributed by atoms with van der Waals surface area (Å²) in [6, 6.07) is 3.87. The van der Waals surface area contributed by atoms with E-state index in [1.807, 2.05) is 32.9 Å². The molecule has 0 bridgehead atoms. The molecule has 0 aromatic heterocycles. The van der Waals surface area contributed by atoms with Crippen molar-refractivity contribution in [3.8, 4) is 5.75 Å². The van der Waals surface area contributed by atoms with E-state index in [0.717, 1.165) is 17.5 Å². The number of ether oxygens (including phenoxy) is 1. The number of benzene rings is 1. The number of hydrogen-bond acceptors (Lipinski definition) is 3. The third kappa shape index (κ3) is 3.20. The molecule has 0 saturated carbocycles. The van der Waals surface area contributed by atoms with Crippen LogP contribution in [0.5, 0.6) is 5.75 Å². The smallest absolute Gasteiger partial charge is 0.125 e. The lowest BCUT2D eigenvalue weighted by Gasteiger charge is -2.22. The zero-order valence-corrected chi connectivity index (χ0v) is 11.0. The summed E-state index contributed by atoms with van der Waals surface area (Å²) in [6.07, 6.45) is -0.205. The Labute approximate surface area is 103 Å². The predicted octanol–water partition coefficient (Wildman–Crippen LogP) is 2.51. The van der Waals surface area contributed by atoms with Gasteiger partial charge >= 0.3 is 0 Å². The van der Waals surface area contributed by atoms with Gasteiger partial charge in [-0.1, -0.05) is 19.4 Å². The minimum absolute atomic E-state index is 0.581. The molecule has 1 aromatic carbocycles. The van der Waals surface area contributed by atoms with E-state index < -0.39 is 12.2 Å². The van der Waals surface area contributed by atoms with Crippen molar-refractivity contribution in [3.05, 3.63) is 28.8 Å². The summed E-state index contributed by atoms with van der Waals surface area (Å²) in [6.45, 7) is 5.88. The number of aliphatic hydroxyl groups excluding tert-OH is 2. The van der Waals surface area contributed by atoms with Gasteiger partial charge in [-0.2, -0.15) is 0 Å². The second kappa shape index (κ2) is 6.03. The van der Waals surface area contributed by atoms with Gasteiger partial charge in [0.05, 0.1) is 13.2 Å². The average Bonchev–Trinajstić information content (AvgIpc) is 2.27. The molecule has 0 spiro atoms. The Morgan fingerprint density at radius 1 is 1.24 bits per heavy atom. The summed E-state index contributed by atoms with van der Waals surface area (Å²) in [5.74, 6) is 0.644. The first kappa shape index (κ1) is 14.0. The van der Waals surface area contributed by atoms with E-state index in [1.54, 1.807) is 7.11 Å². The number of aryl methyl sites for hydroxylation is 2. The van der Waals surface area contributed by atoms with Gasteiger partial charge in [0.1, 0.15) is 11.9 Å². The quantitative estimate of drug-likeness (QED) is 0.828. The van der Waals surface area contributed by atoms with Gasteiger partial charge in [0.25, 0.3) is 0 Å². The average molecular weight is 238 g/mol. The maximum Gasteiger partial charge on any atom is 0.125 e. The Hall–Kier alpha value is -1.06. The largest absolute Gasteiger partial charge is 0.496 e. The highest BCUT2D eigenvalue weighted by molar-refractivity contribution is 5.44. The molecule has 1 rings (SSSR count). The van der Waals surface area contributed by atoms with Crippen LogP contribution in [0.15, 0.2) is 12.1 Å². The van der Waals surface area contributed by atoms with Crippen molar-refractivity contribution < 1.29 is 14.9 Å². The molecule has 0 aliphatic carbocycles. The van der Waals surface area contributed by atoms with Gasteiger partial charge < -0.3 is 14.9 Å². The first-order chi connectivity index (χ1) is 8.01. The fourth-order valence-corrected chi connectivity index (χ4v) is 2.13. The summed E-state index contributed by atoms with van der Waals surface area (Å²) >= 11 is 0. The maximum atomic E-state index is 10.2. The van der Waals surface area contributed by atoms with Crippen LogP contribution in [0.4, 0.5) is 0 Å². The van der Waals surface area contributed by atoms with E-state index in [1.165, 1.54) is 0 Å². The summed E-state index contributed by atoms with van der Waals surface area (Å²) in [5.41, 5.74) is 2.73. The van der Waals surface area contributed by atoms with Gasteiger partial charge in [0.15, 0.2) is 0 Å². The zero-order chi connectivity index (χ0) is 13.0. The molecule has 2 unspecified atom stereocenters. The number of hydrogen-bond donors (Lipinski definition) is 2. The molecule has 0 aliphatic heterocycles. The van der Waals surface area contributed by atoms with Crippen LogP contribution in [0.1, 0.15) is 42.6 Å². The van der Waals surface area contributed by atoms with Crippen LogP contribution < -0.4 is 4.74 Å². The van der Waals surface area contributed by atoms with Crippen molar-refractivity contribution in [2.24, 2.45) is 0 Å². The molecule has 0 fully saturated rings. The van der Waals surface area contributed by atoms with Gasteiger partial charge in [-0.3, -0.25) is 0 Å². The highest BCUT2D eigenvalue weighted by Crippen LogP contribution is 2.32. The van der Waals surface area contributed by atoms with E-state index >= 15 is 0 Å². The van der Waals surface area contributed by atoms with Crippen LogP contribution in [0.2, 0.25) is 0 Å². The van der Waals surface area contributed by atoms with Gasteiger partial charge in [-0.25, -0.2) is 0 Å². The van der Waals surface area contributed by atoms with E-state index in [9.17, 15) is 10.2 Å². The second-order valence-electron chi connectivity index (χ2n) is 4.50. The summed E-state index contributed by atoms with van der Waals surface area (Å²) in [4.78, 5) is 0. The SMILES string of the molecule is CCCC(O)C(O)c1c(C)cc(C)cc1OC. The lowest BCUT2D eigenvalue weighted by Crippen LogP contribution is -2.19. The van der Waals surface area contributed by atoms with Crippen molar-refractivity contribution >= 4 is 0 Å². The molecule has 3 heteroatoms. The normalized spacial score (nSPS) is 14.5. The highest BCUT2D eigenvalue weighted by Gasteiger charge is 2.23. The van der Waals surface area contributed by atoms with E-state index in [0.29, 0.717) is 17.7 Å². The van der Waals surface area contributed by atoms with E-state index in [4.69, 9.17) is 4.74 Å². The number of aliphatic hydroxyl groups is 2. The number of rotatable bonds is 5. The topological polar surface area (TPSA) is 49.7 Å². The molecule has 17 heavy (non-hydrogen) atoms. The lowest BCUT2D eigenvalue weighted by molar-refractivity contribution is 0.0114. The number of methoxy groups -OCH3 is 1. The Morgan fingerprint density at radius 2 is 1.88 bits per heavy atom. The molecule has 0 radical (unpaired) electrons. The molecule has 96 valence electrons. The molecule has 0 heterocycles.